The van der Waals surface area contributed by atoms with Gasteiger partial charge in [-0.25, -0.2) is 4.39 Å². The van der Waals surface area contributed by atoms with Crippen LogP contribution in [0.1, 0.15) is 11.1 Å². The van der Waals surface area contributed by atoms with E-state index in [1.54, 1.807) is 13.0 Å². The zero-order valence-electron chi connectivity index (χ0n) is 9.42. The van der Waals surface area contributed by atoms with Crippen molar-refractivity contribution in [2.75, 3.05) is 5.73 Å². The summed E-state index contributed by atoms with van der Waals surface area (Å²) in [6.07, 6.45) is 0. The third kappa shape index (κ3) is 1.78. The lowest BCUT2D eigenvalue weighted by Crippen LogP contribution is -1.93. The smallest absolute Gasteiger partial charge is 0.126 e. The number of rotatable bonds is 1. The van der Waals surface area contributed by atoms with Gasteiger partial charge in [-0.05, 0) is 48.7 Å². The fourth-order valence-electron chi connectivity index (χ4n) is 1.81. The van der Waals surface area contributed by atoms with Gasteiger partial charge in [0.25, 0.3) is 0 Å². The molecule has 2 aromatic rings. The molecule has 2 N–H and O–H groups in total. The summed E-state index contributed by atoms with van der Waals surface area (Å²) < 4.78 is 13.3. The van der Waals surface area contributed by atoms with E-state index in [1.165, 1.54) is 0 Å². The van der Waals surface area contributed by atoms with E-state index in [0.717, 1.165) is 22.4 Å². The van der Waals surface area contributed by atoms with Gasteiger partial charge in [0.15, 0.2) is 0 Å². The highest BCUT2D eigenvalue weighted by molar-refractivity contribution is 5.78. The van der Waals surface area contributed by atoms with Crippen LogP contribution in [0.25, 0.3) is 11.1 Å². The van der Waals surface area contributed by atoms with Crippen molar-refractivity contribution in [2.45, 2.75) is 13.8 Å². The first kappa shape index (κ1) is 10.7. The Kier molecular flexibility index (Phi) is 2.65. The first-order valence-electron chi connectivity index (χ1n) is 5.21. The van der Waals surface area contributed by atoms with Gasteiger partial charge in [0.1, 0.15) is 5.82 Å². The highest BCUT2D eigenvalue weighted by Crippen LogP contribution is 2.30. The van der Waals surface area contributed by atoms with E-state index < -0.39 is 0 Å². The molecule has 0 saturated heterocycles. The Hall–Kier alpha value is -1.83. The van der Waals surface area contributed by atoms with Crippen LogP contribution in [0.3, 0.4) is 0 Å². The Morgan fingerprint density at radius 1 is 0.938 bits per heavy atom. The van der Waals surface area contributed by atoms with E-state index in [9.17, 15) is 4.39 Å². The number of nitrogen functional groups attached to an aromatic ring is 1. The summed E-state index contributed by atoms with van der Waals surface area (Å²) in [5.41, 5.74) is 10.1. The number of hydrogen-bond acceptors (Lipinski definition) is 1. The predicted molar refractivity (Wildman–Crippen MR) is 65.7 cm³/mol. The highest BCUT2D eigenvalue weighted by Gasteiger charge is 2.08. The molecule has 16 heavy (non-hydrogen) atoms. The van der Waals surface area contributed by atoms with Crippen molar-refractivity contribution in [3.8, 4) is 11.1 Å². The van der Waals surface area contributed by atoms with Crippen LogP contribution >= 0.6 is 0 Å². The SMILES string of the molecule is Cc1cc(-c2ccccc2N)c(C)cc1F. The Bertz CT molecular complexity index is 532. The molecule has 0 heterocycles. The summed E-state index contributed by atoms with van der Waals surface area (Å²) in [5.74, 6) is -0.171. The van der Waals surface area contributed by atoms with E-state index in [4.69, 9.17) is 5.73 Å². The fraction of sp³-hybridized carbons (Fsp3) is 0.143. The van der Waals surface area contributed by atoms with Crippen LogP contribution in [0, 0.1) is 19.7 Å². The lowest BCUT2D eigenvalue weighted by Gasteiger charge is -2.10. The standard InChI is InChI=1S/C14H14FN/c1-9-8-13(15)10(2)7-12(9)11-5-3-4-6-14(11)16/h3-8H,16H2,1-2H3. The first-order valence-corrected chi connectivity index (χ1v) is 5.21. The summed E-state index contributed by atoms with van der Waals surface area (Å²) >= 11 is 0. The molecular formula is C14H14FN. The molecule has 0 amide bonds. The second kappa shape index (κ2) is 3.97. The maximum absolute atomic E-state index is 13.3. The monoisotopic (exact) mass is 215 g/mol. The molecule has 0 bridgehead atoms. The summed E-state index contributed by atoms with van der Waals surface area (Å²) in [4.78, 5) is 0. The van der Waals surface area contributed by atoms with Crippen molar-refractivity contribution in [3.05, 3.63) is 53.3 Å². The van der Waals surface area contributed by atoms with E-state index in [-0.39, 0.29) is 5.82 Å². The maximum atomic E-state index is 13.3. The summed E-state index contributed by atoms with van der Waals surface area (Å²) in [7, 11) is 0. The Morgan fingerprint density at radius 2 is 1.62 bits per heavy atom. The Labute approximate surface area is 94.7 Å². The molecule has 0 radical (unpaired) electrons. The van der Waals surface area contributed by atoms with E-state index >= 15 is 0 Å². The third-order valence-corrected chi connectivity index (χ3v) is 2.76. The van der Waals surface area contributed by atoms with Crippen molar-refractivity contribution >= 4 is 5.69 Å². The molecule has 2 rings (SSSR count). The van der Waals surface area contributed by atoms with E-state index in [2.05, 4.69) is 0 Å². The number of nitrogens with two attached hydrogens (primary N) is 1. The van der Waals surface area contributed by atoms with Crippen molar-refractivity contribution in [1.82, 2.24) is 0 Å². The molecular weight excluding hydrogens is 201 g/mol. The second-order valence-corrected chi connectivity index (χ2v) is 4.00. The van der Waals surface area contributed by atoms with E-state index in [0.29, 0.717) is 5.56 Å². The molecule has 0 aromatic heterocycles. The molecule has 2 aromatic carbocycles. The number of hydrogen-bond donors (Lipinski definition) is 1. The number of para-hydroxylation sites is 1. The molecule has 0 aliphatic carbocycles. The summed E-state index contributed by atoms with van der Waals surface area (Å²) in [6, 6.07) is 11.0. The molecule has 0 fully saturated rings. The van der Waals surface area contributed by atoms with Crippen molar-refractivity contribution in [1.29, 1.82) is 0 Å². The maximum Gasteiger partial charge on any atom is 0.126 e. The van der Waals surface area contributed by atoms with Crippen molar-refractivity contribution < 1.29 is 4.39 Å². The van der Waals surface area contributed by atoms with Gasteiger partial charge in [-0.2, -0.15) is 0 Å². The minimum atomic E-state index is -0.171. The van der Waals surface area contributed by atoms with Crippen molar-refractivity contribution in [3.63, 3.8) is 0 Å². The lowest BCUT2D eigenvalue weighted by atomic mass is 9.97. The summed E-state index contributed by atoms with van der Waals surface area (Å²) in [6.45, 7) is 3.65. The fourth-order valence-corrected chi connectivity index (χ4v) is 1.81. The van der Waals surface area contributed by atoms with Crippen LogP contribution in [0.2, 0.25) is 0 Å². The summed E-state index contributed by atoms with van der Waals surface area (Å²) in [5, 5.41) is 0. The van der Waals surface area contributed by atoms with Gasteiger partial charge in [-0.1, -0.05) is 18.2 Å². The van der Waals surface area contributed by atoms with Gasteiger partial charge in [0, 0.05) is 11.3 Å². The molecule has 0 unspecified atom stereocenters. The molecule has 82 valence electrons. The first-order chi connectivity index (χ1) is 7.59. The number of benzene rings is 2. The molecule has 0 aliphatic rings. The normalized spacial score (nSPS) is 10.4. The van der Waals surface area contributed by atoms with Crippen LogP contribution in [-0.2, 0) is 0 Å². The molecule has 0 atom stereocenters. The number of anilines is 1. The highest BCUT2D eigenvalue weighted by atomic mass is 19.1. The average Bonchev–Trinajstić information content (AvgIpc) is 2.25. The van der Waals surface area contributed by atoms with Gasteiger partial charge in [-0.15, -0.1) is 0 Å². The molecule has 1 nitrogen and oxygen atoms in total. The molecule has 0 aliphatic heterocycles. The third-order valence-electron chi connectivity index (χ3n) is 2.76. The Morgan fingerprint density at radius 3 is 2.31 bits per heavy atom. The van der Waals surface area contributed by atoms with Gasteiger partial charge in [0.2, 0.25) is 0 Å². The van der Waals surface area contributed by atoms with Crippen molar-refractivity contribution in [2.24, 2.45) is 0 Å². The topological polar surface area (TPSA) is 26.0 Å². The van der Waals surface area contributed by atoms with Crippen LogP contribution in [-0.4, -0.2) is 0 Å². The minimum absolute atomic E-state index is 0.171. The van der Waals surface area contributed by atoms with Gasteiger partial charge >= 0.3 is 0 Å². The largest absolute Gasteiger partial charge is 0.398 e. The molecule has 0 spiro atoms. The minimum Gasteiger partial charge on any atom is -0.398 e. The zero-order valence-corrected chi connectivity index (χ0v) is 9.42. The lowest BCUT2D eigenvalue weighted by molar-refractivity contribution is 0.617. The van der Waals surface area contributed by atoms with Gasteiger partial charge < -0.3 is 5.73 Å². The second-order valence-electron chi connectivity index (χ2n) is 4.00. The zero-order chi connectivity index (χ0) is 11.7. The average molecular weight is 215 g/mol. The number of aryl methyl sites for hydroxylation is 2. The Balaban J connectivity index is 2.65. The van der Waals surface area contributed by atoms with Crippen LogP contribution in [0.5, 0.6) is 0 Å². The quantitative estimate of drug-likeness (QED) is 0.721. The van der Waals surface area contributed by atoms with Crippen LogP contribution in [0.4, 0.5) is 10.1 Å². The van der Waals surface area contributed by atoms with Crippen LogP contribution in [0.15, 0.2) is 36.4 Å². The van der Waals surface area contributed by atoms with Gasteiger partial charge in [-0.3, -0.25) is 0 Å². The molecule has 2 heteroatoms. The predicted octanol–water partition coefficient (Wildman–Crippen LogP) is 3.69. The van der Waals surface area contributed by atoms with Crippen LogP contribution < -0.4 is 5.73 Å². The molecule has 0 saturated carbocycles. The van der Waals surface area contributed by atoms with E-state index in [1.807, 2.05) is 37.3 Å². The van der Waals surface area contributed by atoms with Gasteiger partial charge in [0.05, 0.1) is 0 Å². The number of halogens is 1.